The number of carbonyl (C=O) groups is 3. The van der Waals surface area contributed by atoms with E-state index < -0.39 is 88.4 Å². The van der Waals surface area contributed by atoms with Gasteiger partial charge in [-0.1, -0.05) is 46.4 Å². The van der Waals surface area contributed by atoms with Crippen LogP contribution in [0.1, 0.15) is 35.6 Å². The van der Waals surface area contributed by atoms with Crippen molar-refractivity contribution in [2.24, 2.45) is 11.8 Å². The number of hydrogen-bond acceptors (Lipinski definition) is 15. The first-order valence-corrected chi connectivity index (χ1v) is 17.7. The molecule has 3 fully saturated rings. The Morgan fingerprint density at radius 3 is 2.08 bits per heavy atom. The molecule has 4 aliphatic heterocycles. The van der Waals surface area contributed by atoms with Crippen LogP contribution in [-0.2, 0) is 47.5 Å². The van der Waals surface area contributed by atoms with Gasteiger partial charge in [-0.2, -0.15) is 0 Å². The molecule has 282 valence electrons. The number of ether oxygens (including phenoxy) is 11. The zero-order chi connectivity index (χ0) is 37.0. The fourth-order valence-electron chi connectivity index (χ4n) is 7.33. The summed E-state index contributed by atoms with van der Waals surface area (Å²) in [4.78, 5) is 36.2. The second-order valence-electron chi connectivity index (χ2n) is 12.4. The average molecular weight is 810 g/mol. The fraction of sp³-hybridized carbons (Fsp3) is 0.545. The van der Waals surface area contributed by atoms with Crippen molar-refractivity contribution in [3.05, 3.63) is 41.0 Å². The van der Waals surface area contributed by atoms with E-state index in [1.807, 2.05) is 0 Å². The summed E-state index contributed by atoms with van der Waals surface area (Å²) in [6.07, 6.45) is -8.18. The highest BCUT2D eigenvalue weighted by atomic mass is 35.5. The van der Waals surface area contributed by atoms with Gasteiger partial charge in [0, 0.05) is 11.8 Å². The predicted molar refractivity (Wildman–Crippen MR) is 177 cm³/mol. The third-order valence-electron chi connectivity index (χ3n) is 9.56. The number of alkyl halides is 4. The number of phenolic OH excluding ortho intramolecular Hbond substituents is 1. The maximum absolute atomic E-state index is 13.7. The van der Waals surface area contributed by atoms with Crippen molar-refractivity contribution in [1.29, 1.82) is 0 Å². The molecule has 2 aromatic carbocycles. The van der Waals surface area contributed by atoms with Crippen LogP contribution in [0.4, 0.5) is 0 Å². The molecule has 0 aromatic heterocycles. The lowest BCUT2D eigenvalue weighted by Gasteiger charge is -2.49. The first-order chi connectivity index (χ1) is 24.9. The first-order valence-electron chi connectivity index (χ1n) is 16.0. The van der Waals surface area contributed by atoms with Gasteiger partial charge >= 0.3 is 17.9 Å². The van der Waals surface area contributed by atoms with Gasteiger partial charge in [0.15, 0.2) is 47.8 Å². The van der Waals surface area contributed by atoms with Crippen LogP contribution < -0.4 is 18.9 Å². The summed E-state index contributed by atoms with van der Waals surface area (Å²) in [5.74, 6) is -4.09. The number of rotatable bonds is 9. The van der Waals surface area contributed by atoms with Crippen molar-refractivity contribution in [3.8, 4) is 28.7 Å². The third-order valence-corrected chi connectivity index (χ3v) is 10.3. The molecule has 0 amide bonds. The van der Waals surface area contributed by atoms with Gasteiger partial charge in [0.25, 0.3) is 0 Å². The smallest absolute Gasteiger partial charge is 0.340 e. The molecule has 0 unspecified atom stereocenters. The van der Waals surface area contributed by atoms with E-state index in [1.165, 1.54) is 14.2 Å². The lowest BCUT2D eigenvalue weighted by Crippen LogP contribution is -2.65. The van der Waals surface area contributed by atoms with Crippen molar-refractivity contribution in [3.63, 3.8) is 0 Å². The SMILES string of the molecule is COc1cc([C@@H]2c3cc4c(cc3[C@@H](O[C@H]3O[C@H]5CO[C@H](C)O[C@@H]5[C@@H](OC(=O)C(Cl)Cl)[C@@H]3OC(=O)C(Cl)Cl)[C@H]3COC(=O)[C@H]23)OCO4)cc(OC)c1O. The van der Waals surface area contributed by atoms with E-state index in [0.29, 0.717) is 28.2 Å². The number of hydrogen-bond donors (Lipinski definition) is 1. The average Bonchev–Trinajstić information content (AvgIpc) is 3.74. The first kappa shape index (κ1) is 37.2. The number of phenols is 1. The van der Waals surface area contributed by atoms with Crippen molar-refractivity contribution >= 4 is 64.3 Å². The number of esters is 3. The highest BCUT2D eigenvalue weighted by Gasteiger charge is 2.58. The van der Waals surface area contributed by atoms with Crippen molar-refractivity contribution < 1.29 is 71.6 Å². The van der Waals surface area contributed by atoms with Gasteiger partial charge in [-0.25, -0.2) is 9.59 Å². The number of methoxy groups -OCH3 is 2. The van der Waals surface area contributed by atoms with Gasteiger partial charge in [-0.15, -0.1) is 0 Å². The van der Waals surface area contributed by atoms with Crippen LogP contribution in [0.25, 0.3) is 0 Å². The fourth-order valence-corrected chi connectivity index (χ4v) is 7.54. The quantitative estimate of drug-likeness (QED) is 0.218. The molecule has 4 heterocycles. The Morgan fingerprint density at radius 1 is 0.846 bits per heavy atom. The molecule has 0 saturated carbocycles. The molecule has 2 aromatic rings. The molecule has 15 nitrogen and oxygen atoms in total. The van der Waals surface area contributed by atoms with E-state index in [2.05, 4.69) is 0 Å². The van der Waals surface area contributed by atoms with Gasteiger partial charge in [0.1, 0.15) is 12.2 Å². The Bertz CT molecular complexity index is 1700. The minimum absolute atomic E-state index is 0.0284. The van der Waals surface area contributed by atoms with E-state index in [0.717, 1.165) is 0 Å². The molecule has 1 N–H and O–H groups in total. The monoisotopic (exact) mass is 808 g/mol. The van der Waals surface area contributed by atoms with Gasteiger partial charge in [-0.05, 0) is 47.9 Å². The van der Waals surface area contributed by atoms with E-state index in [1.54, 1.807) is 31.2 Å². The molecule has 1 aliphatic carbocycles. The number of cyclic esters (lactones) is 1. The Labute approximate surface area is 316 Å². The van der Waals surface area contributed by atoms with E-state index >= 15 is 0 Å². The van der Waals surface area contributed by atoms with E-state index in [4.69, 9.17) is 98.5 Å². The van der Waals surface area contributed by atoms with Crippen LogP contribution in [0.3, 0.4) is 0 Å². The second kappa shape index (κ2) is 14.9. The Kier molecular flexibility index (Phi) is 10.7. The van der Waals surface area contributed by atoms with Gasteiger partial charge < -0.3 is 57.2 Å². The minimum atomic E-state index is -1.64. The van der Waals surface area contributed by atoms with Crippen molar-refractivity contribution in [1.82, 2.24) is 0 Å². The van der Waals surface area contributed by atoms with Crippen LogP contribution in [0.2, 0.25) is 0 Å². The van der Waals surface area contributed by atoms with Crippen LogP contribution in [0.5, 0.6) is 28.7 Å². The Hall–Kier alpha value is -3.15. The molecule has 7 rings (SSSR count). The summed E-state index contributed by atoms with van der Waals surface area (Å²) in [6.45, 7) is 1.46. The number of carbonyl (C=O) groups excluding carboxylic acids is 3. The maximum atomic E-state index is 13.7. The molecule has 10 atom stereocenters. The van der Waals surface area contributed by atoms with Crippen molar-refractivity contribution in [2.75, 3.05) is 34.2 Å². The Balaban J connectivity index is 1.34. The van der Waals surface area contributed by atoms with Gasteiger partial charge in [-0.3, -0.25) is 4.79 Å². The molecule has 5 aliphatic rings. The summed E-state index contributed by atoms with van der Waals surface area (Å²) < 4.78 is 64.1. The summed E-state index contributed by atoms with van der Waals surface area (Å²) in [5.41, 5.74) is 1.69. The molecule has 19 heteroatoms. The summed E-state index contributed by atoms with van der Waals surface area (Å²) in [5, 5.41) is 10.7. The normalized spacial score (nSPS) is 31.7. The van der Waals surface area contributed by atoms with E-state index in [-0.39, 0.29) is 37.3 Å². The summed E-state index contributed by atoms with van der Waals surface area (Å²) in [7, 11) is 2.79. The van der Waals surface area contributed by atoms with Crippen LogP contribution >= 0.6 is 46.4 Å². The number of fused-ring (bicyclic) bond motifs is 4. The Morgan fingerprint density at radius 2 is 1.46 bits per heavy atom. The standard InChI is InChI=1S/C33H32Cl4O15/c1-11-44-9-20-25(48-11)26(50-31(40)28(34)35)27(51-32(41)29(36)37)33(49-20)52-24-14-7-17-16(46-10-47-17)6-13(14)21(22-15(24)8-45-30(22)39)12-4-18(42-2)23(38)19(5-12)43-3/h4-7,11,15,20-22,24-29,33,38H,8-10H2,1-3H3/t11-,15-,20-,21+,22-,24+,25-,26+,27-,33+/m0/s1. The summed E-state index contributed by atoms with van der Waals surface area (Å²) in [6, 6.07) is 6.68. The van der Waals surface area contributed by atoms with Crippen LogP contribution in [0.15, 0.2) is 24.3 Å². The third kappa shape index (κ3) is 6.74. The lowest BCUT2D eigenvalue weighted by molar-refractivity contribution is -0.365. The minimum Gasteiger partial charge on any atom is -0.502 e. The van der Waals surface area contributed by atoms with Gasteiger partial charge in [0.2, 0.25) is 22.2 Å². The maximum Gasteiger partial charge on any atom is 0.340 e. The second-order valence-corrected chi connectivity index (χ2v) is 14.6. The summed E-state index contributed by atoms with van der Waals surface area (Å²) >= 11 is 23.5. The molecular formula is C33H32Cl4O15. The van der Waals surface area contributed by atoms with E-state index in [9.17, 15) is 19.5 Å². The highest BCUT2D eigenvalue weighted by molar-refractivity contribution is 6.53. The molecule has 52 heavy (non-hydrogen) atoms. The molecule has 0 radical (unpaired) electrons. The molecular weight excluding hydrogens is 778 g/mol. The zero-order valence-corrected chi connectivity index (χ0v) is 30.6. The predicted octanol–water partition coefficient (Wildman–Crippen LogP) is 4.05. The lowest BCUT2D eigenvalue weighted by atomic mass is 9.66. The number of halogens is 4. The molecule has 0 bridgehead atoms. The van der Waals surface area contributed by atoms with Crippen molar-refractivity contribution in [2.45, 2.75) is 65.6 Å². The molecule has 3 saturated heterocycles. The van der Waals surface area contributed by atoms with Crippen LogP contribution in [-0.4, -0.2) is 104 Å². The van der Waals surface area contributed by atoms with Gasteiger partial charge in [0.05, 0.1) is 39.5 Å². The number of benzene rings is 2. The highest BCUT2D eigenvalue weighted by Crippen LogP contribution is 2.57. The topological polar surface area (TPSA) is 173 Å². The zero-order valence-electron chi connectivity index (χ0n) is 27.5. The van der Waals surface area contributed by atoms with Crippen LogP contribution in [0, 0.1) is 11.8 Å². The largest absolute Gasteiger partial charge is 0.502 e. The number of aromatic hydroxyl groups is 1. The molecule has 0 spiro atoms.